The van der Waals surface area contributed by atoms with Crippen molar-refractivity contribution in [3.8, 4) is 0 Å². The summed E-state index contributed by atoms with van der Waals surface area (Å²) in [4.78, 5) is 6.44. The van der Waals surface area contributed by atoms with Gasteiger partial charge >= 0.3 is 0 Å². The first-order chi connectivity index (χ1) is 10.0. The van der Waals surface area contributed by atoms with E-state index in [1.807, 2.05) is 13.8 Å². The second kappa shape index (κ2) is 7.20. The van der Waals surface area contributed by atoms with Crippen LogP contribution in [0.4, 0.5) is 5.69 Å². The Hall–Kier alpha value is -1.18. The average Bonchev–Trinajstić information content (AvgIpc) is 2.91. The third-order valence-electron chi connectivity index (χ3n) is 3.53. The van der Waals surface area contributed by atoms with Gasteiger partial charge in [-0.05, 0) is 45.8 Å². The molecule has 1 aromatic rings. The van der Waals surface area contributed by atoms with E-state index in [-0.39, 0.29) is 10.9 Å². The molecule has 0 aromatic carbocycles. The summed E-state index contributed by atoms with van der Waals surface area (Å²) in [5.41, 5.74) is 0.591. The maximum absolute atomic E-state index is 12.5. The summed E-state index contributed by atoms with van der Waals surface area (Å²) < 4.78 is 27.8. The lowest BCUT2D eigenvalue weighted by Gasteiger charge is -2.21. The van der Waals surface area contributed by atoms with Crippen molar-refractivity contribution in [1.29, 1.82) is 0 Å². The molecule has 6 nitrogen and oxygen atoms in total. The summed E-state index contributed by atoms with van der Waals surface area (Å²) in [6.07, 6.45) is 5.38. The van der Waals surface area contributed by atoms with Crippen LogP contribution < -0.4 is 10.0 Å². The molecule has 1 saturated heterocycles. The Balaban J connectivity index is 2.06. The first kappa shape index (κ1) is 16.2. The molecular weight excluding hydrogens is 288 g/mol. The van der Waals surface area contributed by atoms with E-state index in [4.69, 9.17) is 0 Å². The molecule has 1 unspecified atom stereocenters. The average molecular weight is 312 g/mol. The van der Waals surface area contributed by atoms with Crippen LogP contribution in [0.25, 0.3) is 0 Å². The minimum absolute atomic E-state index is 0.122. The zero-order valence-corrected chi connectivity index (χ0v) is 13.5. The van der Waals surface area contributed by atoms with Crippen LogP contribution in [0.1, 0.15) is 26.7 Å². The number of anilines is 1. The number of hydrogen-bond donors (Lipinski definition) is 2. The van der Waals surface area contributed by atoms with E-state index in [1.54, 1.807) is 12.3 Å². The van der Waals surface area contributed by atoms with E-state index >= 15 is 0 Å². The monoisotopic (exact) mass is 312 g/mol. The van der Waals surface area contributed by atoms with Gasteiger partial charge in [-0.1, -0.05) is 0 Å². The van der Waals surface area contributed by atoms with Crippen LogP contribution in [-0.2, 0) is 10.0 Å². The molecule has 0 bridgehead atoms. The predicted molar refractivity (Wildman–Crippen MR) is 83.9 cm³/mol. The SMILES string of the molecule is CCNc1ccncc1S(=O)(=O)NC(C)CN1CCCC1. The molecule has 0 aliphatic carbocycles. The van der Waals surface area contributed by atoms with Crippen molar-refractivity contribution in [2.24, 2.45) is 0 Å². The molecule has 21 heavy (non-hydrogen) atoms. The van der Waals surface area contributed by atoms with Crippen LogP contribution in [0.15, 0.2) is 23.4 Å². The van der Waals surface area contributed by atoms with Crippen molar-refractivity contribution in [2.75, 3.05) is 31.5 Å². The molecule has 1 aliphatic rings. The van der Waals surface area contributed by atoms with Gasteiger partial charge in [0.2, 0.25) is 10.0 Å². The lowest BCUT2D eigenvalue weighted by atomic mass is 10.3. The lowest BCUT2D eigenvalue weighted by molar-refractivity contribution is 0.313. The van der Waals surface area contributed by atoms with E-state index in [1.165, 1.54) is 19.0 Å². The molecule has 1 aromatic heterocycles. The fourth-order valence-electron chi connectivity index (χ4n) is 2.65. The number of pyridine rings is 1. The van der Waals surface area contributed by atoms with Crippen molar-refractivity contribution in [2.45, 2.75) is 37.6 Å². The molecule has 118 valence electrons. The van der Waals surface area contributed by atoms with Crippen LogP contribution in [0.2, 0.25) is 0 Å². The van der Waals surface area contributed by atoms with Gasteiger partial charge in [-0.15, -0.1) is 0 Å². The van der Waals surface area contributed by atoms with Gasteiger partial charge in [0.25, 0.3) is 0 Å². The molecule has 0 spiro atoms. The van der Waals surface area contributed by atoms with E-state index in [0.29, 0.717) is 12.2 Å². The van der Waals surface area contributed by atoms with E-state index < -0.39 is 10.0 Å². The fraction of sp³-hybridized carbons (Fsp3) is 0.643. The highest BCUT2D eigenvalue weighted by atomic mass is 32.2. The predicted octanol–water partition coefficient (Wildman–Crippen LogP) is 1.28. The fourth-order valence-corrected chi connectivity index (χ4v) is 4.01. The van der Waals surface area contributed by atoms with Gasteiger partial charge in [0.1, 0.15) is 4.90 Å². The van der Waals surface area contributed by atoms with Crippen LogP contribution in [0, 0.1) is 0 Å². The Labute approximate surface area is 127 Å². The molecule has 2 rings (SSSR count). The van der Waals surface area contributed by atoms with Crippen LogP contribution in [-0.4, -0.2) is 50.5 Å². The van der Waals surface area contributed by atoms with Gasteiger partial charge in [0, 0.05) is 31.5 Å². The van der Waals surface area contributed by atoms with Crippen molar-refractivity contribution in [3.63, 3.8) is 0 Å². The molecule has 0 radical (unpaired) electrons. The molecule has 7 heteroatoms. The zero-order chi connectivity index (χ0) is 15.3. The van der Waals surface area contributed by atoms with Crippen LogP contribution in [0.3, 0.4) is 0 Å². The van der Waals surface area contributed by atoms with Gasteiger partial charge in [-0.2, -0.15) is 0 Å². The Morgan fingerprint density at radius 3 is 2.76 bits per heavy atom. The Morgan fingerprint density at radius 1 is 1.38 bits per heavy atom. The number of rotatable bonds is 7. The van der Waals surface area contributed by atoms with Crippen molar-refractivity contribution >= 4 is 15.7 Å². The highest BCUT2D eigenvalue weighted by Crippen LogP contribution is 2.19. The summed E-state index contributed by atoms with van der Waals surface area (Å²) >= 11 is 0. The maximum atomic E-state index is 12.5. The minimum Gasteiger partial charge on any atom is -0.384 e. The maximum Gasteiger partial charge on any atom is 0.244 e. The molecule has 1 aliphatic heterocycles. The van der Waals surface area contributed by atoms with Crippen LogP contribution >= 0.6 is 0 Å². The highest BCUT2D eigenvalue weighted by Gasteiger charge is 2.23. The summed E-state index contributed by atoms with van der Waals surface area (Å²) in [6, 6.07) is 1.56. The van der Waals surface area contributed by atoms with E-state index in [2.05, 4.69) is 19.9 Å². The number of hydrogen-bond acceptors (Lipinski definition) is 5. The minimum atomic E-state index is -3.56. The van der Waals surface area contributed by atoms with Gasteiger partial charge < -0.3 is 10.2 Å². The molecule has 0 saturated carbocycles. The third kappa shape index (κ3) is 4.39. The Morgan fingerprint density at radius 2 is 2.10 bits per heavy atom. The number of likely N-dealkylation sites (tertiary alicyclic amines) is 1. The number of nitrogens with zero attached hydrogens (tertiary/aromatic N) is 2. The Bertz CT molecular complexity index is 556. The summed E-state index contributed by atoms with van der Waals surface area (Å²) in [7, 11) is -3.56. The quantitative estimate of drug-likeness (QED) is 0.793. The zero-order valence-electron chi connectivity index (χ0n) is 12.7. The molecule has 0 amide bonds. The second-order valence-corrected chi connectivity index (χ2v) is 7.11. The topological polar surface area (TPSA) is 74.3 Å². The lowest BCUT2D eigenvalue weighted by Crippen LogP contribution is -2.41. The van der Waals surface area contributed by atoms with E-state index in [9.17, 15) is 8.42 Å². The summed E-state index contributed by atoms with van der Waals surface area (Å²) in [6.45, 7) is 7.36. The van der Waals surface area contributed by atoms with E-state index in [0.717, 1.165) is 19.6 Å². The smallest absolute Gasteiger partial charge is 0.244 e. The van der Waals surface area contributed by atoms with Crippen molar-refractivity contribution in [1.82, 2.24) is 14.6 Å². The van der Waals surface area contributed by atoms with Crippen molar-refractivity contribution in [3.05, 3.63) is 18.5 Å². The summed E-state index contributed by atoms with van der Waals surface area (Å²) in [5.74, 6) is 0. The molecule has 1 fully saturated rings. The number of sulfonamides is 1. The van der Waals surface area contributed by atoms with Crippen LogP contribution in [0.5, 0.6) is 0 Å². The standard InChI is InChI=1S/C14H24N4O2S/c1-3-16-13-6-7-15-10-14(13)21(19,20)17-12(2)11-18-8-4-5-9-18/h6-7,10,12,17H,3-5,8-9,11H2,1-2H3,(H,15,16). The van der Waals surface area contributed by atoms with Crippen molar-refractivity contribution < 1.29 is 8.42 Å². The largest absolute Gasteiger partial charge is 0.384 e. The van der Waals surface area contributed by atoms with Gasteiger partial charge in [-0.25, -0.2) is 13.1 Å². The molecule has 2 N–H and O–H groups in total. The first-order valence-corrected chi connectivity index (χ1v) is 8.94. The molecule has 1 atom stereocenters. The third-order valence-corrected chi connectivity index (χ3v) is 5.15. The number of nitrogens with one attached hydrogen (secondary N) is 2. The number of aromatic nitrogens is 1. The highest BCUT2D eigenvalue weighted by molar-refractivity contribution is 7.89. The second-order valence-electron chi connectivity index (χ2n) is 5.43. The molecular formula is C14H24N4O2S. The molecule has 2 heterocycles. The van der Waals surface area contributed by atoms with Gasteiger partial charge in [0.05, 0.1) is 5.69 Å². The normalized spacial score (nSPS) is 17.8. The van der Waals surface area contributed by atoms with Gasteiger partial charge in [-0.3, -0.25) is 4.98 Å². The summed E-state index contributed by atoms with van der Waals surface area (Å²) in [5, 5.41) is 3.06. The Kier molecular flexibility index (Phi) is 5.55. The van der Waals surface area contributed by atoms with Gasteiger partial charge in [0.15, 0.2) is 0 Å². The first-order valence-electron chi connectivity index (χ1n) is 7.45.